The predicted molar refractivity (Wildman–Crippen MR) is 94.3 cm³/mol. The normalized spacial score (nSPS) is 12.1. The lowest BCUT2D eigenvalue weighted by atomic mass is 10.3. The molecule has 2 aromatic heterocycles. The first-order valence-electron chi connectivity index (χ1n) is 7.89. The number of rotatable bonds is 4. The summed E-state index contributed by atoms with van der Waals surface area (Å²) in [5, 5.41) is 4.19. The van der Waals surface area contributed by atoms with Gasteiger partial charge in [0.25, 0.3) is 5.91 Å². The van der Waals surface area contributed by atoms with Gasteiger partial charge in [-0.1, -0.05) is 17.4 Å². The molecule has 0 saturated carbocycles. The summed E-state index contributed by atoms with van der Waals surface area (Å²) in [4.78, 5) is 28.4. The molecule has 0 atom stereocenters. The van der Waals surface area contributed by atoms with E-state index in [0.717, 1.165) is 11.3 Å². The first kappa shape index (κ1) is 18.0. The standard InChI is InChI=1S/C17H17FN4O3S/c1-10(2)22-8-7-12(20-22)16(24)19-17-21(9-14(23)25-3)15-11(18)5-4-6-13(15)26-17/h4-8,10H,9H2,1-3H3. The van der Waals surface area contributed by atoms with Crippen molar-refractivity contribution in [3.05, 3.63) is 46.8 Å². The third kappa shape index (κ3) is 3.43. The summed E-state index contributed by atoms with van der Waals surface area (Å²) < 4.78 is 22.5. The second kappa shape index (κ2) is 7.20. The molecule has 0 aliphatic carbocycles. The van der Waals surface area contributed by atoms with Crippen LogP contribution in [0, 0.1) is 5.82 Å². The Bertz CT molecular complexity index is 1050. The lowest BCUT2D eigenvalue weighted by Gasteiger charge is -2.04. The molecule has 1 aromatic carbocycles. The highest BCUT2D eigenvalue weighted by molar-refractivity contribution is 7.16. The lowest BCUT2D eigenvalue weighted by molar-refractivity contribution is -0.141. The second-order valence-electron chi connectivity index (χ2n) is 5.83. The highest BCUT2D eigenvalue weighted by Gasteiger charge is 2.16. The molecular formula is C17H17FN4O3S. The van der Waals surface area contributed by atoms with Crippen LogP contribution in [0.15, 0.2) is 35.5 Å². The van der Waals surface area contributed by atoms with Gasteiger partial charge in [-0.05, 0) is 32.0 Å². The number of carbonyl (C=O) groups is 2. The summed E-state index contributed by atoms with van der Waals surface area (Å²) in [6.07, 6.45) is 1.69. The maximum atomic E-state index is 14.3. The zero-order chi connectivity index (χ0) is 18.8. The van der Waals surface area contributed by atoms with E-state index in [-0.39, 0.29) is 28.6 Å². The van der Waals surface area contributed by atoms with Crippen molar-refractivity contribution in [3.63, 3.8) is 0 Å². The molecule has 2 heterocycles. The lowest BCUT2D eigenvalue weighted by Crippen LogP contribution is -2.23. The number of halogens is 1. The van der Waals surface area contributed by atoms with Crippen molar-refractivity contribution in [1.29, 1.82) is 0 Å². The van der Waals surface area contributed by atoms with Crippen molar-refractivity contribution in [1.82, 2.24) is 14.3 Å². The van der Waals surface area contributed by atoms with Crippen molar-refractivity contribution in [2.45, 2.75) is 26.4 Å². The van der Waals surface area contributed by atoms with Crippen molar-refractivity contribution >= 4 is 33.4 Å². The molecule has 0 saturated heterocycles. The van der Waals surface area contributed by atoms with Crippen LogP contribution in [0.1, 0.15) is 30.4 Å². The molecule has 0 aliphatic heterocycles. The Morgan fingerprint density at radius 2 is 2.12 bits per heavy atom. The largest absolute Gasteiger partial charge is 0.468 e. The van der Waals surface area contributed by atoms with E-state index < -0.39 is 17.7 Å². The Kier molecular flexibility index (Phi) is 4.99. The summed E-state index contributed by atoms with van der Waals surface area (Å²) in [5.41, 5.74) is 0.392. The van der Waals surface area contributed by atoms with E-state index in [1.165, 1.54) is 17.7 Å². The summed E-state index contributed by atoms with van der Waals surface area (Å²) in [5.74, 6) is -1.62. The molecule has 3 rings (SSSR count). The fraction of sp³-hybridized carbons (Fsp3) is 0.294. The number of hydrogen-bond donors (Lipinski definition) is 0. The number of thiazole rings is 1. The minimum absolute atomic E-state index is 0.110. The van der Waals surface area contributed by atoms with E-state index in [1.54, 1.807) is 29.1 Å². The van der Waals surface area contributed by atoms with Gasteiger partial charge >= 0.3 is 5.97 Å². The van der Waals surface area contributed by atoms with Crippen LogP contribution in [0.25, 0.3) is 10.2 Å². The summed E-state index contributed by atoms with van der Waals surface area (Å²) >= 11 is 1.12. The van der Waals surface area contributed by atoms with Crippen molar-refractivity contribution in [2.24, 2.45) is 4.99 Å². The van der Waals surface area contributed by atoms with Gasteiger partial charge in [0.05, 0.1) is 17.3 Å². The minimum Gasteiger partial charge on any atom is -0.468 e. The number of fused-ring (bicyclic) bond motifs is 1. The number of carbonyl (C=O) groups excluding carboxylic acids is 2. The van der Waals surface area contributed by atoms with Crippen molar-refractivity contribution in [3.8, 4) is 0 Å². The number of ether oxygens (including phenoxy) is 1. The topological polar surface area (TPSA) is 78.5 Å². The van der Waals surface area contributed by atoms with Crippen LogP contribution in [0.5, 0.6) is 0 Å². The maximum Gasteiger partial charge on any atom is 0.325 e. The molecular weight excluding hydrogens is 359 g/mol. The van der Waals surface area contributed by atoms with Crippen LogP contribution in [-0.4, -0.2) is 33.3 Å². The molecule has 0 radical (unpaired) electrons. The highest BCUT2D eigenvalue weighted by Crippen LogP contribution is 2.20. The Balaban J connectivity index is 2.11. The van der Waals surface area contributed by atoms with Gasteiger partial charge in [0.2, 0.25) is 0 Å². The average molecular weight is 376 g/mol. The first-order chi connectivity index (χ1) is 12.4. The monoisotopic (exact) mass is 376 g/mol. The highest BCUT2D eigenvalue weighted by atomic mass is 32.1. The fourth-order valence-electron chi connectivity index (χ4n) is 2.40. The number of aromatic nitrogens is 3. The summed E-state index contributed by atoms with van der Waals surface area (Å²) in [6.45, 7) is 3.64. The van der Waals surface area contributed by atoms with Crippen LogP contribution in [-0.2, 0) is 16.1 Å². The quantitative estimate of drug-likeness (QED) is 0.656. The zero-order valence-electron chi connectivity index (χ0n) is 14.5. The number of para-hydroxylation sites is 1. The number of methoxy groups -OCH3 is 1. The number of nitrogens with zero attached hydrogens (tertiary/aromatic N) is 4. The Hall–Kier alpha value is -2.81. The molecule has 9 heteroatoms. The SMILES string of the molecule is COC(=O)Cn1c(=NC(=O)c2ccn(C(C)C)n2)sc2cccc(F)c21. The minimum atomic E-state index is -0.564. The van der Waals surface area contributed by atoms with E-state index in [2.05, 4.69) is 14.8 Å². The Morgan fingerprint density at radius 1 is 1.35 bits per heavy atom. The molecule has 1 amide bonds. The molecule has 0 N–H and O–H groups in total. The molecule has 0 unspecified atom stereocenters. The third-order valence-corrected chi connectivity index (χ3v) is 4.76. The van der Waals surface area contributed by atoms with Gasteiger partial charge < -0.3 is 9.30 Å². The number of esters is 1. The average Bonchev–Trinajstić information content (AvgIpc) is 3.21. The van der Waals surface area contributed by atoms with Crippen molar-refractivity contribution in [2.75, 3.05) is 7.11 Å². The molecule has 0 bridgehead atoms. The van der Waals surface area contributed by atoms with E-state index in [9.17, 15) is 14.0 Å². The van der Waals surface area contributed by atoms with Crippen LogP contribution >= 0.6 is 11.3 Å². The fourth-order valence-corrected chi connectivity index (χ4v) is 3.44. The van der Waals surface area contributed by atoms with E-state index in [1.807, 2.05) is 13.8 Å². The number of amides is 1. The molecule has 7 nitrogen and oxygen atoms in total. The van der Waals surface area contributed by atoms with Crippen LogP contribution in [0.3, 0.4) is 0 Å². The predicted octanol–water partition coefficient (Wildman–Crippen LogP) is 2.53. The van der Waals surface area contributed by atoms with Gasteiger partial charge in [-0.2, -0.15) is 10.1 Å². The van der Waals surface area contributed by atoms with Gasteiger partial charge in [0, 0.05) is 12.2 Å². The molecule has 0 spiro atoms. The van der Waals surface area contributed by atoms with E-state index in [4.69, 9.17) is 0 Å². The summed E-state index contributed by atoms with van der Waals surface area (Å²) in [7, 11) is 1.24. The molecule has 3 aromatic rings. The first-order valence-corrected chi connectivity index (χ1v) is 8.71. The molecule has 26 heavy (non-hydrogen) atoms. The van der Waals surface area contributed by atoms with Crippen LogP contribution in [0.2, 0.25) is 0 Å². The number of hydrogen-bond acceptors (Lipinski definition) is 5. The third-order valence-electron chi connectivity index (χ3n) is 3.72. The maximum absolute atomic E-state index is 14.3. The molecule has 136 valence electrons. The Morgan fingerprint density at radius 3 is 2.77 bits per heavy atom. The van der Waals surface area contributed by atoms with Gasteiger partial charge in [-0.25, -0.2) is 4.39 Å². The van der Waals surface area contributed by atoms with E-state index >= 15 is 0 Å². The van der Waals surface area contributed by atoms with E-state index in [0.29, 0.717) is 4.70 Å². The van der Waals surface area contributed by atoms with Crippen LogP contribution in [0.4, 0.5) is 4.39 Å². The number of benzene rings is 1. The molecule has 0 aliphatic rings. The van der Waals surface area contributed by atoms with Gasteiger partial charge in [-0.3, -0.25) is 14.3 Å². The van der Waals surface area contributed by atoms with Crippen LogP contribution < -0.4 is 4.80 Å². The van der Waals surface area contributed by atoms with Gasteiger partial charge in [0.15, 0.2) is 10.5 Å². The Labute approximate surface area is 152 Å². The molecule has 0 fully saturated rings. The zero-order valence-corrected chi connectivity index (χ0v) is 15.3. The van der Waals surface area contributed by atoms with Gasteiger partial charge in [0.1, 0.15) is 12.4 Å². The van der Waals surface area contributed by atoms with Gasteiger partial charge in [-0.15, -0.1) is 0 Å². The summed E-state index contributed by atoms with van der Waals surface area (Å²) in [6, 6.07) is 6.24. The smallest absolute Gasteiger partial charge is 0.325 e. The second-order valence-corrected chi connectivity index (χ2v) is 6.83. The van der Waals surface area contributed by atoms with Crippen molar-refractivity contribution < 1.29 is 18.7 Å².